The highest BCUT2D eigenvalue weighted by Crippen LogP contribution is 2.36. The van der Waals surface area contributed by atoms with E-state index in [9.17, 15) is 9.59 Å². The molecule has 1 aromatic carbocycles. The Hall–Kier alpha value is -1.84. The molecule has 3 rings (SSSR count). The topological polar surface area (TPSA) is 55.4 Å². The SMILES string of the molecule is CC1(C)CC(=O)Nc2cc(C(=O)C3CCC3)ccc2O1. The summed E-state index contributed by atoms with van der Waals surface area (Å²) in [6, 6.07) is 5.33. The number of carbonyl (C=O) groups excluding carboxylic acids is 2. The van der Waals surface area contributed by atoms with Crippen LogP contribution in [0.2, 0.25) is 0 Å². The van der Waals surface area contributed by atoms with Crippen molar-refractivity contribution < 1.29 is 14.3 Å². The van der Waals surface area contributed by atoms with Crippen LogP contribution in [0.3, 0.4) is 0 Å². The van der Waals surface area contributed by atoms with Crippen LogP contribution in [0.1, 0.15) is 49.9 Å². The van der Waals surface area contributed by atoms with Gasteiger partial charge in [0.1, 0.15) is 11.4 Å². The summed E-state index contributed by atoms with van der Waals surface area (Å²) in [6.45, 7) is 3.77. The number of ether oxygens (including phenoxy) is 1. The van der Waals surface area contributed by atoms with E-state index >= 15 is 0 Å². The molecule has 1 fully saturated rings. The van der Waals surface area contributed by atoms with Crippen molar-refractivity contribution in [3.05, 3.63) is 23.8 Å². The third-order valence-electron chi connectivity index (χ3n) is 3.99. The molecule has 0 radical (unpaired) electrons. The maximum Gasteiger partial charge on any atom is 0.228 e. The molecule has 1 aliphatic heterocycles. The Morgan fingerprint density at radius 3 is 2.75 bits per heavy atom. The van der Waals surface area contributed by atoms with Crippen LogP contribution in [-0.4, -0.2) is 17.3 Å². The van der Waals surface area contributed by atoms with Crippen molar-refractivity contribution in [1.29, 1.82) is 0 Å². The predicted octanol–water partition coefficient (Wildman–Crippen LogP) is 3.17. The van der Waals surface area contributed by atoms with Gasteiger partial charge >= 0.3 is 0 Å². The van der Waals surface area contributed by atoms with E-state index in [1.54, 1.807) is 18.2 Å². The van der Waals surface area contributed by atoms with Gasteiger partial charge in [-0.15, -0.1) is 0 Å². The summed E-state index contributed by atoms with van der Waals surface area (Å²) in [5, 5.41) is 2.83. The summed E-state index contributed by atoms with van der Waals surface area (Å²) < 4.78 is 5.86. The minimum Gasteiger partial charge on any atom is -0.485 e. The quantitative estimate of drug-likeness (QED) is 0.842. The van der Waals surface area contributed by atoms with Crippen LogP contribution in [0.5, 0.6) is 5.75 Å². The van der Waals surface area contributed by atoms with Gasteiger partial charge in [-0.2, -0.15) is 0 Å². The van der Waals surface area contributed by atoms with Gasteiger partial charge in [-0.05, 0) is 44.9 Å². The summed E-state index contributed by atoms with van der Waals surface area (Å²) in [6.07, 6.45) is 3.39. The molecule has 1 amide bonds. The molecule has 0 bridgehead atoms. The molecule has 0 unspecified atom stereocenters. The first-order valence-corrected chi connectivity index (χ1v) is 7.12. The van der Waals surface area contributed by atoms with Crippen molar-refractivity contribution >= 4 is 17.4 Å². The van der Waals surface area contributed by atoms with Gasteiger partial charge in [-0.1, -0.05) is 6.42 Å². The Bertz CT molecular complexity index is 573. The second-order valence-corrected chi connectivity index (χ2v) is 6.29. The molecule has 1 saturated carbocycles. The Labute approximate surface area is 118 Å². The lowest BCUT2D eigenvalue weighted by atomic mass is 9.80. The summed E-state index contributed by atoms with van der Waals surface area (Å²) in [5.74, 6) is 0.886. The van der Waals surface area contributed by atoms with Crippen molar-refractivity contribution in [1.82, 2.24) is 0 Å². The molecule has 0 spiro atoms. The average Bonchev–Trinajstić information content (AvgIpc) is 2.38. The van der Waals surface area contributed by atoms with Gasteiger partial charge in [-0.25, -0.2) is 0 Å². The van der Waals surface area contributed by atoms with E-state index in [1.165, 1.54) is 0 Å². The summed E-state index contributed by atoms with van der Waals surface area (Å²) in [5.41, 5.74) is 0.734. The largest absolute Gasteiger partial charge is 0.485 e. The van der Waals surface area contributed by atoms with Gasteiger partial charge in [0.2, 0.25) is 5.91 Å². The highest BCUT2D eigenvalue weighted by Gasteiger charge is 2.31. The van der Waals surface area contributed by atoms with E-state index in [0.717, 1.165) is 19.3 Å². The zero-order valence-electron chi connectivity index (χ0n) is 11.9. The van der Waals surface area contributed by atoms with Gasteiger partial charge in [0, 0.05) is 11.5 Å². The van der Waals surface area contributed by atoms with Crippen LogP contribution in [0.15, 0.2) is 18.2 Å². The van der Waals surface area contributed by atoms with Gasteiger partial charge < -0.3 is 10.1 Å². The van der Waals surface area contributed by atoms with E-state index < -0.39 is 5.60 Å². The number of fused-ring (bicyclic) bond motifs is 1. The van der Waals surface area contributed by atoms with Gasteiger partial charge in [0.15, 0.2) is 5.78 Å². The molecule has 1 N–H and O–H groups in total. The number of hydrogen-bond acceptors (Lipinski definition) is 3. The Kier molecular flexibility index (Phi) is 3.04. The number of hydrogen-bond donors (Lipinski definition) is 1. The van der Waals surface area contributed by atoms with Gasteiger partial charge in [0.25, 0.3) is 0 Å². The molecule has 106 valence electrons. The van der Waals surface area contributed by atoms with Crippen molar-refractivity contribution in [2.24, 2.45) is 5.92 Å². The fraction of sp³-hybridized carbons (Fsp3) is 0.500. The molecule has 0 aromatic heterocycles. The first-order valence-electron chi connectivity index (χ1n) is 7.12. The van der Waals surface area contributed by atoms with Crippen molar-refractivity contribution in [2.45, 2.75) is 45.1 Å². The van der Waals surface area contributed by atoms with E-state index in [4.69, 9.17) is 4.74 Å². The van der Waals surface area contributed by atoms with Crippen molar-refractivity contribution in [3.8, 4) is 5.75 Å². The lowest BCUT2D eigenvalue weighted by Crippen LogP contribution is -2.30. The standard InChI is InChI=1S/C16H19NO3/c1-16(2)9-14(18)17-12-8-11(6-7-13(12)20-16)15(19)10-4-3-5-10/h6-8,10H,3-5,9H2,1-2H3,(H,17,18). The number of carbonyl (C=O) groups is 2. The zero-order chi connectivity index (χ0) is 14.3. The molecule has 2 aliphatic rings. The predicted molar refractivity (Wildman–Crippen MR) is 76.1 cm³/mol. The molecule has 1 heterocycles. The second-order valence-electron chi connectivity index (χ2n) is 6.29. The summed E-state index contributed by atoms with van der Waals surface area (Å²) >= 11 is 0. The van der Waals surface area contributed by atoms with Crippen LogP contribution in [0, 0.1) is 5.92 Å². The first kappa shape index (κ1) is 13.2. The van der Waals surface area contributed by atoms with Crippen LogP contribution in [0.25, 0.3) is 0 Å². The zero-order valence-corrected chi connectivity index (χ0v) is 11.9. The molecule has 1 aliphatic carbocycles. The minimum atomic E-state index is -0.533. The molecular formula is C16H19NO3. The number of ketones is 1. The number of Topliss-reactive ketones (excluding diaryl/α,β-unsaturated/α-hetero) is 1. The molecule has 1 aromatic rings. The summed E-state index contributed by atoms with van der Waals surface area (Å²) in [4.78, 5) is 24.1. The van der Waals surface area contributed by atoms with E-state index in [1.807, 2.05) is 13.8 Å². The molecule has 20 heavy (non-hydrogen) atoms. The third-order valence-corrected chi connectivity index (χ3v) is 3.99. The van der Waals surface area contributed by atoms with E-state index in [2.05, 4.69) is 5.32 Å². The van der Waals surface area contributed by atoms with Gasteiger partial charge in [-0.3, -0.25) is 9.59 Å². The normalized spacial score (nSPS) is 21.0. The maximum absolute atomic E-state index is 12.3. The van der Waals surface area contributed by atoms with Gasteiger partial charge in [0.05, 0.1) is 12.1 Å². The molecule has 0 saturated heterocycles. The van der Waals surface area contributed by atoms with E-state index in [-0.39, 0.29) is 17.6 Å². The highest BCUT2D eigenvalue weighted by atomic mass is 16.5. The van der Waals surface area contributed by atoms with E-state index in [0.29, 0.717) is 23.4 Å². The number of nitrogens with one attached hydrogen (secondary N) is 1. The smallest absolute Gasteiger partial charge is 0.228 e. The number of rotatable bonds is 2. The Morgan fingerprint density at radius 1 is 1.35 bits per heavy atom. The maximum atomic E-state index is 12.3. The lowest BCUT2D eigenvalue weighted by molar-refractivity contribution is -0.118. The molecule has 4 nitrogen and oxygen atoms in total. The van der Waals surface area contributed by atoms with Crippen LogP contribution < -0.4 is 10.1 Å². The average molecular weight is 273 g/mol. The van der Waals surface area contributed by atoms with Crippen LogP contribution >= 0.6 is 0 Å². The number of amides is 1. The minimum absolute atomic E-state index is 0.0815. The van der Waals surface area contributed by atoms with Crippen LogP contribution in [0.4, 0.5) is 5.69 Å². The molecular weight excluding hydrogens is 254 g/mol. The Morgan fingerprint density at radius 2 is 2.10 bits per heavy atom. The van der Waals surface area contributed by atoms with Crippen molar-refractivity contribution in [3.63, 3.8) is 0 Å². The fourth-order valence-electron chi connectivity index (χ4n) is 2.69. The second kappa shape index (κ2) is 4.62. The Balaban J connectivity index is 1.92. The third kappa shape index (κ3) is 2.42. The fourth-order valence-corrected chi connectivity index (χ4v) is 2.69. The number of benzene rings is 1. The molecule has 0 atom stereocenters. The lowest BCUT2D eigenvalue weighted by Gasteiger charge is -2.25. The van der Waals surface area contributed by atoms with Crippen LogP contribution in [-0.2, 0) is 4.79 Å². The number of anilines is 1. The molecule has 4 heteroatoms. The highest BCUT2D eigenvalue weighted by molar-refractivity contribution is 6.01. The van der Waals surface area contributed by atoms with Crippen molar-refractivity contribution in [2.75, 3.05) is 5.32 Å². The monoisotopic (exact) mass is 273 g/mol. The summed E-state index contributed by atoms with van der Waals surface area (Å²) in [7, 11) is 0. The first-order chi connectivity index (χ1) is 9.44.